The Morgan fingerprint density at radius 1 is 1.19 bits per heavy atom. The van der Waals surface area contributed by atoms with Crippen molar-refractivity contribution in [2.45, 2.75) is 37.6 Å². The third-order valence-electron chi connectivity index (χ3n) is 5.29. The number of hydrogen-bond acceptors (Lipinski definition) is 4. The van der Waals surface area contributed by atoms with E-state index in [9.17, 15) is 9.59 Å². The topological polar surface area (TPSA) is 94.7 Å². The highest BCUT2D eigenvalue weighted by Gasteiger charge is 2.34. The molecule has 1 saturated carbocycles. The molecule has 7 heteroatoms. The average molecular weight is 349 g/mol. The van der Waals surface area contributed by atoms with Crippen LogP contribution in [0.3, 0.4) is 0 Å². The van der Waals surface area contributed by atoms with Crippen LogP contribution in [0, 0.1) is 0 Å². The summed E-state index contributed by atoms with van der Waals surface area (Å²) < 4.78 is 0. The molecule has 0 bridgehead atoms. The zero-order valence-corrected chi connectivity index (χ0v) is 14.2. The molecule has 0 spiro atoms. The summed E-state index contributed by atoms with van der Waals surface area (Å²) >= 11 is 0. The van der Waals surface area contributed by atoms with E-state index in [0.29, 0.717) is 34.9 Å². The van der Waals surface area contributed by atoms with E-state index in [2.05, 4.69) is 20.2 Å². The lowest BCUT2D eigenvalue weighted by Crippen LogP contribution is -2.32. The van der Waals surface area contributed by atoms with Gasteiger partial charge in [0.05, 0.1) is 16.9 Å². The molecule has 2 aromatic heterocycles. The van der Waals surface area contributed by atoms with Crippen molar-refractivity contribution in [1.29, 1.82) is 0 Å². The van der Waals surface area contributed by atoms with Crippen LogP contribution in [0.5, 0.6) is 0 Å². The molecule has 1 unspecified atom stereocenters. The third kappa shape index (κ3) is 2.51. The van der Waals surface area contributed by atoms with Gasteiger partial charge < -0.3 is 9.88 Å². The zero-order valence-electron chi connectivity index (χ0n) is 14.2. The van der Waals surface area contributed by atoms with Gasteiger partial charge in [-0.15, -0.1) is 0 Å². The lowest BCUT2D eigenvalue weighted by atomic mass is 10.1. The molecule has 0 radical (unpaired) electrons. The number of carbonyl (C=O) groups excluding carboxylic acids is 1. The van der Waals surface area contributed by atoms with Crippen LogP contribution in [-0.4, -0.2) is 37.5 Å². The number of amides is 1. The number of aromatic amines is 2. The van der Waals surface area contributed by atoms with E-state index in [-0.39, 0.29) is 17.5 Å². The van der Waals surface area contributed by atoms with Crippen molar-refractivity contribution in [3.63, 3.8) is 0 Å². The van der Waals surface area contributed by atoms with Gasteiger partial charge in [0.2, 0.25) is 0 Å². The lowest BCUT2D eigenvalue weighted by molar-refractivity contribution is 0.0724. The Kier molecular flexibility index (Phi) is 3.41. The van der Waals surface area contributed by atoms with E-state index < -0.39 is 0 Å². The van der Waals surface area contributed by atoms with E-state index in [1.165, 1.54) is 0 Å². The molecule has 7 nitrogen and oxygen atoms in total. The predicted molar refractivity (Wildman–Crippen MR) is 95.9 cm³/mol. The van der Waals surface area contributed by atoms with Crippen LogP contribution in [0.25, 0.3) is 10.9 Å². The Hall–Kier alpha value is -2.96. The maximum absolute atomic E-state index is 13.0. The molecule has 1 aliphatic heterocycles. The molecule has 1 atom stereocenters. The van der Waals surface area contributed by atoms with Gasteiger partial charge in [0.1, 0.15) is 11.5 Å². The molecule has 3 heterocycles. The van der Waals surface area contributed by atoms with Crippen LogP contribution >= 0.6 is 0 Å². The summed E-state index contributed by atoms with van der Waals surface area (Å²) in [5, 5.41) is 7.76. The van der Waals surface area contributed by atoms with Crippen molar-refractivity contribution in [3.05, 3.63) is 57.9 Å². The van der Waals surface area contributed by atoms with Crippen molar-refractivity contribution in [3.8, 4) is 0 Å². The SMILES string of the molecule is O=C(c1cc(C2CC2)[nH]n1)N1CCCC1c1nc2ccccc2c(=O)[nH]1. The molecule has 132 valence electrons. The van der Waals surface area contributed by atoms with Crippen molar-refractivity contribution >= 4 is 16.8 Å². The predicted octanol–water partition coefficient (Wildman–Crippen LogP) is 2.50. The summed E-state index contributed by atoms with van der Waals surface area (Å²) in [6.07, 6.45) is 3.98. The van der Waals surface area contributed by atoms with Gasteiger partial charge in [0, 0.05) is 18.2 Å². The fraction of sp³-hybridized carbons (Fsp3) is 0.368. The Bertz CT molecular complexity index is 1050. The molecular formula is C19H19N5O2. The highest BCUT2D eigenvalue weighted by atomic mass is 16.2. The van der Waals surface area contributed by atoms with Crippen LogP contribution in [-0.2, 0) is 0 Å². The molecule has 1 amide bonds. The standard InChI is InChI=1S/C19H19N5O2/c25-18-12-4-1-2-5-13(12)20-17(21-18)16-6-3-9-24(16)19(26)15-10-14(22-23-15)11-7-8-11/h1-2,4-5,10-11,16H,3,6-9H2,(H,22,23)(H,20,21,25). The fourth-order valence-electron chi connectivity index (χ4n) is 3.75. The van der Waals surface area contributed by atoms with Gasteiger partial charge in [0.25, 0.3) is 11.5 Å². The summed E-state index contributed by atoms with van der Waals surface area (Å²) in [5.41, 5.74) is 1.98. The van der Waals surface area contributed by atoms with Crippen molar-refractivity contribution in [2.24, 2.45) is 0 Å². The van der Waals surface area contributed by atoms with Gasteiger partial charge in [-0.05, 0) is 43.9 Å². The monoisotopic (exact) mass is 349 g/mol. The number of carbonyl (C=O) groups is 1. The molecule has 2 fully saturated rings. The van der Waals surface area contributed by atoms with Crippen LogP contribution < -0.4 is 5.56 Å². The first-order valence-corrected chi connectivity index (χ1v) is 9.06. The second kappa shape index (κ2) is 5.79. The summed E-state index contributed by atoms with van der Waals surface area (Å²) in [6, 6.07) is 8.90. The number of aromatic nitrogens is 4. The van der Waals surface area contributed by atoms with E-state index in [1.54, 1.807) is 11.0 Å². The quantitative estimate of drug-likeness (QED) is 0.759. The van der Waals surface area contributed by atoms with E-state index in [0.717, 1.165) is 31.4 Å². The molecule has 2 aliphatic rings. The molecule has 5 rings (SSSR count). The van der Waals surface area contributed by atoms with Crippen LogP contribution in [0.2, 0.25) is 0 Å². The Labute approximate surface area is 149 Å². The Morgan fingerprint density at radius 3 is 2.88 bits per heavy atom. The highest BCUT2D eigenvalue weighted by molar-refractivity contribution is 5.93. The van der Waals surface area contributed by atoms with Gasteiger partial charge in [0.15, 0.2) is 0 Å². The summed E-state index contributed by atoms with van der Waals surface area (Å²) in [7, 11) is 0. The zero-order chi connectivity index (χ0) is 17.7. The molecule has 1 saturated heterocycles. The highest BCUT2D eigenvalue weighted by Crippen LogP contribution is 2.39. The fourth-order valence-corrected chi connectivity index (χ4v) is 3.75. The van der Waals surface area contributed by atoms with Gasteiger partial charge >= 0.3 is 0 Å². The average Bonchev–Trinajstić information content (AvgIpc) is 3.20. The number of rotatable bonds is 3. The van der Waals surface area contributed by atoms with Crippen molar-refractivity contribution in [1.82, 2.24) is 25.1 Å². The normalized spacial score (nSPS) is 20.0. The number of H-pyrrole nitrogens is 2. The minimum absolute atomic E-state index is 0.105. The molecule has 26 heavy (non-hydrogen) atoms. The maximum Gasteiger partial charge on any atom is 0.274 e. The first-order chi connectivity index (χ1) is 12.7. The van der Waals surface area contributed by atoms with Crippen molar-refractivity contribution in [2.75, 3.05) is 6.54 Å². The van der Waals surface area contributed by atoms with Gasteiger partial charge in [-0.3, -0.25) is 14.7 Å². The first-order valence-electron chi connectivity index (χ1n) is 9.06. The number of para-hydroxylation sites is 1. The third-order valence-corrected chi connectivity index (χ3v) is 5.29. The van der Waals surface area contributed by atoms with Gasteiger partial charge in [-0.2, -0.15) is 5.10 Å². The van der Waals surface area contributed by atoms with Crippen LogP contribution in [0.1, 0.15) is 59.6 Å². The molecule has 1 aromatic carbocycles. The van der Waals surface area contributed by atoms with Gasteiger partial charge in [-0.25, -0.2) is 4.98 Å². The lowest BCUT2D eigenvalue weighted by Gasteiger charge is -2.23. The Morgan fingerprint density at radius 2 is 2.04 bits per heavy atom. The molecule has 1 aliphatic carbocycles. The molecule has 2 N–H and O–H groups in total. The minimum atomic E-state index is -0.221. The van der Waals surface area contributed by atoms with Crippen LogP contribution in [0.15, 0.2) is 35.1 Å². The smallest absolute Gasteiger partial charge is 0.274 e. The number of likely N-dealkylation sites (tertiary alicyclic amines) is 1. The molecular weight excluding hydrogens is 330 g/mol. The first kappa shape index (κ1) is 15.3. The number of nitrogens with zero attached hydrogens (tertiary/aromatic N) is 3. The summed E-state index contributed by atoms with van der Waals surface area (Å²) in [4.78, 5) is 34.6. The van der Waals surface area contributed by atoms with Crippen LogP contribution in [0.4, 0.5) is 0 Å². The second-order valence-electron chi connectivity index (χ2n) is 7.11. The molecule has 3 aromatic rings. The largest absolute Gasteiger partial charge is 0.327 e. The minimum Gasteiger partial charge on any atom is -0.327 e. The number of benzene rings is 1. The van der Waals surface area contributed by atoms with Gasteiger partial charge in [-0.1, -0.05) is 12.1 Å². The number of hydrogen-bond donors (Lipinski definition) is 2. The van der Waals surface area contributed by atoms with Crippen molar-refractivity contribution < 1.29 is 4.79 Å². The number of fused-ring (bicyclic) bond motifs is 1. The van der Waals surface area contributed by atoms with E-state index in [1.807, 2.05) is 24.3 Å². The van der Waals surface area contributed by atoms with E-state index >= 15 is 0 Å². The Balaban J connectivity index is 1.48. The van der Waals surface area contributed by atoms with E-state index in [4.69, 9.17) is 0 Å². The second-order valence-corrected chi connectivity index (χ2v) is 7.11. The summed E-state index contributed by atoms with van der Waals surface area (Å²) in [6.45, 7) is 0.645. The maximum atomic E-state index is 13.0. The number of nitrogens with one attached hydrogen (secondary N) is 2. The summed E-state index contributed by atoms with van der Waals surface area (Å²) in [5.74, 6) is 0.973.